The monoisotopic (exact) mass is 607 g/mol. The van der Waals surface area contributed by atoms with Crippen LogP contribution in [0.3, 0.4) is 0 Å². The third-order valence-corrected chi connectivity index (χ3v) is 9.12. The fourth-order valence-electron chi connectivity index (χ4n) is 3.99. The van der Waals surface area contributed by atoms with E-state index in [9.17, 15) is 35.7 Å². The molecule has 32 heavy (non-hydrogen) atoms. The topological polar surface area (TPSA) is 119 Å². The second kappa shape index (κ2) is 8.20. The average Bonchev–Trinajstić information content (AvgIpc) is 3.24. The predicted octanol–water partition coefficient (Wildman–Crippen LogP) is 2.84. The number of benzene rings is 1. The molecule has 3 aliphatic heterocycles. The van der Waals surface area contributed by atoms with E-state index in [-0.39, 0.29) is 23.3 Å². The van der Waals surface area contributed by atoms with Crippen molar-refractivity contribution in [1.29, 1.82) is 0 Å². The molecule has 0 aromatic heterocycles. The van der Waals surface area contributed by atoms with Gasteiger partial charge in [-0.15, -0.1) is 11.8 Å². The molecule has 3 heterocycles. The summed E-state index contributed by atoms with van der Waals surface area (Å²) in [4.78, 5) is 24.9. The van der Waals surface area contributed by atoms with Crippen LogP contribution < -0.4 is 4.74 Å². The Kier molecular flexibility index (Phi) is 6.12. The molecule has 3 aliphatic rings. The normalized spacial score (nSPS) is 29.9. The zero-order chi connectivity index (χ0) is 23.5. The van der Waals surface area contributed by atoms with Gasteiger partial charge in [-0.1, -0.05) is 6.07 Å². The Morgan fingerprint density at radius 2 is 2.12 bits per heavy atom. The molecule has 0 radical (unpaired) electrons. The molecule has 8 nitrogen and oxygen atoms in total. The summed E-state index contributed by atoms with van der Waals surface area (Å²) in [7, 11) is -6.18. The summed E-state index contributed by atoms with van der Waals surface area (Å²) in [6, 6.07) is 5.15. The van der Waals surface area contributed by atoms with Crippen molar-refractivity contribution in [2.24, 2.45) is 5.92 Å². The number of rotatable bonds is 6. The number of hydrogen-bond donors (Lipinski definition) is 0. The summed E-state index contributed by atoms with van der Waals surface area (Å²) in [5, 5.41) is -5.82. The van der Waals surface area contributed by atoms with Crippen molar-refractivity contribution in [2.75, 3.05) is 6.61 Å². The van der Waals surface area contributed by atoms with Crippen LogP contribution in [0.5, 0.6) is 5.75 Å². The van der Waals surface area contributed by atoms with Crippen molar-refractivity contribution in [2.45, 2.75) is 47.0 Å². The molecule has 0 N–H and O–H groups in total. The Morgan fingerprint density at radius 1 is 1.41 bits per heavy atom. The van der Waals surface area contributed by atoms with Crippen LogP contribution in [0, 0.1) is 9.49 Å². The molecule has 2 fully saturated rings. The molecule has 14 heteroatoms. The molecule has 2 saturated heterocycles. The Morgan fingerprint density at radius 3 is 2.75 bits per heavy atom. The van der Waals surface area contributed by atoms with Crippen molar-refractivity contribution in [3.8, 4) is 5.75 Å². The third-order valence-electron chi connectivity index (χ3n) is 5.58. The lowest BCUT2D eigenvalue weighted by Crippen LogP contribution is -2.53. The number of alkyl halides is 3. The number of thioether (sulfide) groups is 1. The molecule has 1 aromatic rings. The lowest BCUT2D eigenvalue weighted by molar-refractivity contribution is -0.172. The van der Waals surface area contributed by atoms with Gasteiger partial charge in [0.2, 0.25) is 0 Å². The Bertz CT molecular complexity index is 1070. The van der Waals surface area contributed by atoms with E-state index in [4.69, 9.17) is 14.2 Å². The maximum atomic E-state index is 13.5. The van der Waals surface area contributed by atoms with Crippen LogP contribution in [0.15, 0.2) is 18.2 Å². The van der Waals surface area contributed by atoms with Gasteiger partial charge in [0, 0.05) is 21.7 Å². The van der Waals surface area contributed by atoms with Gasteiger partial charge in [-0.3, -0.25) is 4.79 Å². The summed E-state index contributed by atoms with van der Waals surface area (Å²) in [6.45, 7) is -0.813. The van der Waals surface area contributed by atoms with Crippen LogP contribution in [0.4, 0.5) is 13.2 Å². The highest BCUT2D eigenvalue weighted by Crippen LogP contribution is 2.58. The SMILES string of the molecule is O=C1OC2(CC3SC2CC3C(=O)OCCC(F)C(F)(F)S(=O)(=O)[O-])Oc2cccc(I)c21. The zero-order valence-electron chi connectivity index (χ0n) is 16.0. The summed E-state index contributed by atoms with van der Waals surface area (Å²) in [5.74, 6) is -2.78. The van der Waals surface area contributed by atoms with Crippen LogP contribution in [0.25, 0.3) is 0 Å². The number of hydrogen-bond acceptors (Lipinski definition) is 9. The fourth-order valence-corrected chi connectivity index (χ4v) is 6.99. The maximum absolute atomic E-state index is 13.5. The molecule has 0 aliphatic carbocycles. The largest absolute Gasteiger partial charge is 0.743 e. The van der Waals surface area contributed by atoms with Gasteiger partial charge in [0.1, 0.15) is 11.3 Å². The van der Waals surface area contributed by atoms with Crippen LogP contribution >= 0.6 is 34.4 Å². The molecule has 0 saturated carbocycles. The standard InChI is InChI=1S/C18H16F3IO8S2/c19-12(18(20,21)32(25,26)27)4-5-28-15(23)8-6-13-17(7-11(8)31-13)29-10-3-1-2-9(22)14(10)16(24)30-17/h1-3,8,11-13H,4-7H2,(H,25,26,27)/p-1. The molecular formula is C18H15F3IO8S2-. The van der Waals surface area contributed by atoms with Crippen molar-refractivity contribution in [1.82, 2.24) is 0 Å². The molecule has 5 atom stereocenters. The van der Waals surface area contributed by atoms with Crippen molar-refractivity contribution < 1.29 is 49.9 Å². The molecule has 0 amide bonds. The predicted molar refractivity (Wildman–Crippen MR) is 111 cm³/mol. The van der Waals surface area contributed by atoms with Gasteiger partial charge in [0.05, 0.1) is 17.8 Å². The summed E-state index contributed by atoms with van der Waals surface area (Å²) in [6.07, 6.45) is -4.01. The number of fused-ring (bicyclic) bond motifs is 4. The van der Waals surface area contributed by atoms with Gasteiger partial charge < -0.3 is 18.8 Å². The Balaban J connectivity index is 1.35. The third kappa shape index (κ3) is 3.96. The van der Waals surface area contributed by atoms with Crippen LogP contribution in [-0.4, -0.2) is 59.2 Å². The first-order valence-electron chi connectivity index (χ1n) is 9.36. The summed E-state index contributed by atoms with van der Waals surface area (Å²) < 4.78 is 88.4. The molecule has 4 rings (SSSR count). The maximum Gasteiger partial charge on any atom is 0.364 e. The molecular weight excluding hydrogens is 592 g/mol. The number of halogens is 4. The minimum Gasteiger partial charge on any atom is -0.743 e. The average molecular weight is 607 g/mol. The lowest BCUT2D eigenvalue weighted by Gasteiger charge is -2.40. The quantitative estimate of drug-likeness (QED) is 0.273. The van der Waals surface area contributed by atoms with Gasteiger partial charge in [-0.2, -0.15) is 8.78 Å². The van der Waals surface area contributed by atoms with Gasteiger partial charge in [0.25, 0.3) is 5.79 Å². The van der Waals surface area contributed by atoms with Crippen LogP contribution in [0.1, 0.15) is 29.6 Å². The highest BCUT2D eigenvalue weighted by atomic mass is 127. The number of ether oxygens (including phenoxy) is 3. The first-order valence-corrected chi connectivity index (χ1v) is 12.8. The highest BCUT2D eigenvalue weighted by Gasteiger charge is 2.64. The second-order valence-electron chi connectivity index (χ2n) is 7.57. The summed E-state index contributed by atoms with van der Waals surface area (Å²) >= 11 is 3.38. The Hall–Kier alpha value is -1.26. The zero-order valence-corrected chi connectivity index (χ0v) is 19.8. The number of carbonyl (C=O) groups excluding carboxylic acids is 2. The van der Waals surface area contributed by atoms with Crippen molar-refractivity contribution in [3.05, 3.63) is 27.3 Å². The van der Waals surface area contributed by atoms with E-state index >= 15 is 0 Å². The lowest BCUT2D eigenvalue weighted by atomic mass is 9.84. The van der Waals surface area contributed by atoms with Crippen molar-refractivity contribution in [3.63, 3.8) is 0 Å². The van der Waals surface area contributed by atoms with E-state index in [2.05, 4.69) is 0 Å². The van der Waals surface area contributed by atoms with E-state index in [0.29, 0.717) is 14.9 Å². The minimum absolute atomic E-state index is 0.205. The van der Waals surface area contributed by atoms with Crippen molar-refractivity contribution >= 4 is 56.4 Å². The van der Waals surface area contributed by atoms with E-state index < -0.39 is 58.2 Å². The summed E-state index contributed by atoms with van der Waals surface area (Å²) in [5.41, 5.74) is 0.333. The second-order valence-corrected chi connectivity index (χ2v) is 11.6. The first kappa shape index (κ1) is 23.9. The molecule has 176 valence electrons. The first-order chi connectivity index (χ1) is 14.9. The van der Waals surface area contributed by atoms with Crippen LogP contribution in [0.2, 0.25) is 0 Å². The van der Waals surface area contributed by atoms with Gasteiger partial charge in [-0.05, 0) is 41.1 Å². The van der Waals surface area contributed by atoms with E-state index in [0.717, 1.165) is 0 Å². The van der Waals surface area contributed by atoms with Crippen LogP contribution in [-0.2, 0) is 24.4 Å². The van der Waals surface area contributed by atoms with E-state index in [1.807, 2.05) is 22.6 Å². The molecule has 1 aromatic carbocycles. The highest BCUT2D eigenvalue weighted by molar-refractivity contribution is 14.1. The molecule has 5 unspecified atom stereocenters. The van der Waals surface area contributed by atoms with Gasteiger partial charge in [-0.25, -0.2) is 17.6 Å². The number of carbonyl (C=O) groups is 2. The van der Waals surface area contributed by atoms with Gasteiger partial charge >= 0.3 is 17.2 Å². The Labute approximate surface area is 198 Å². The van der Waals surface area contributed by atoms with E-state index in [1.54, 1.807) is 18.2 Å². The number of esters is 2. The molecule has 1 spiro atoms. The van der Waals surface area contributed by atoms with Gasteiger partial charge in [0.15, 0.2) is 16.3 Å². The fraction of sp³-hybridized carbons (Fsp3) is 0.556. The smallest absolute Gasteiger partial charge is 0.364 e. The molecule has 2 bridgehead atoms. The minimum atomic E-state index is -6.18. The van der Waals surface area contributed by atoms with E-state index in [1.165, 1.54) is 11.8 Å².